The Morgan fingerprint density at radius 2 is 0.554 bits per heavy atom. The smallest absolute Gasteiger partial charge is 0.306 e. The van der Waals surface area contributed by atoms with Crippen LogP contribution in [0.5, 0.6) is 0 Å². The Hall–Kier alpha value is -4.71. The molecule has 0 aliphatic rings. The molecule has 1 unspecified atom stereocenters. The normalized spacial score (nSPS) is 13.2. The van der Waals surface area contributed by atoms with Gasteiger partial charge in [0.05, 0.1) is 0 Å². The van der Waals surface area contributed by atoms with Crippen molar-refractivity contribution in [3.63, 3.8) is 0 Å². The Morgan fingerprint density at radius 3 is 0.892 bits per heavy atom. The predicted octanol–water partition coefficient (Wildman–Crippen LogP) is 20.4. The van der Waals surface area contributed by atoms with Gasteiger partial charge < -0.3 is 14.2 Å². The zero-order valence-electron chi connectivity index (χ0n) is 47.5. The number of hydrogen-bond donors (Lipinski definition) is 0. The van der Waals surface area contributed by atoms with E-state index in [2.05, 4.69) is 154 Å². The minimum Gasteiger partial charge on any atom is -0.462 e. The molecule has 0 bridgehead atoms. The van der Waals surface area contributed by atoms with E-state index in [0.29, 0.717) is 19.3 Å². The van der Waals surface area contributed by atoms with Crippen molar-refractivity contribution >= 4 is 17.9 Å². The number of carbonyl (C=O) groups is 3. The first kappa shape index (κ1) is 69.3. The molecule has 0 heterocycles. The van der Waals surface area contributed by atoms with Crippen LogP contribution >= 0.6 is 0 Å². The first-order valence-corrected chi connectivity index (χ1v) is 29.8. The summed E-state index contributed by atoms with van der Waals surface area (Å²) >= 11 is 0. The number of unbranched alkanes of at least 4 members (excludes halogenated alkanes) is 17. The average Bonchev–Trinajstić information content (AvgIpc) is 3.40. The number of esters is 3. The lowest BCUT2D eigenvalue weighted by Crippen LogP contribution is -2.30. The van der Waals surface area contributed by atoms with Crippen LogP contribution in [0.1, 0.15) is 245 Å². The predicted molar refractivity (Wildman–Crippen MR) is 320 cm³/mol. The first-order valence-electron chi connectivity index (χ1n) is 29.8. The summed E-state index contributed by atoms with van der Waals surface area (Å²) in [5.41, 5.74) is 0. The van der Waals surface area contributed by atoms with E-state index < -0.39 is 12.1 Å². The highest BCUT2D eigenvalue weighted by atomic mass is 16.6. The van der Waals surface area contributed by atoms with Gasteiger partial charge in [0.2, 0.25) is 0 Å². The number of carbonyl (C=O) groups excluding carboxylic acids is 3. The van der Waals surface area contributed by atoms with Crippen LogP contribution in [0.25, 0.3) is 0 Å². The maximum absolute atomic E-state index is 12.8. The van der Waals surface area contributed by atoms with E-state index >= 15 is 0 Å². The fraction of sp³-hybridized carbons (Fsp3) is 0.603. The topological polar surface area (TPSA) is 78.9 Å². The highest BCUT2D eigenvalue weighted by Gasteiger charge is 2.19. The summed E-state index contributed by atoms with van der Waals surface area (Å²) in [7, 11) is 0. The second kappa shape index (κ2) is 60.8. The Kier molecular flexibility index (Phi) is 57.0. The summed E-state index contributed by atoms with van der Waals surface area (Å²) in [5.74, 6) is -1.03. The first-order chi connectivity index (χ1) is 36.5. The zero-order chi connectivity index (χ0) is 53.6. The second-order valence-corrected chi connectivity index (χ2v) is 19.1. The monoisotopic (exact) mass is 1020 g/mol. The van der Waals surface area contributed by atoms with Crippen molar-refractivity contribution in [1.82, 2.24) is 0 Å². The van der Waals surface area contributed by atoms with E-state index in [4.69, 9.17) is 14.2 Å². The van der Waals surface area contributed by atoms with E-state index in [1.165, 1.54) is 70.6 Å². The van der Waals surface area contributed by atoms with Gasteiger partial charge in [-0.2, -0.15) is 0 Å². The lowest BCUT2D eigenvalue weighted by molar-refractivity contribution is -0.166. The highest BCUT2D eigenvalue weighted by Crippen LogP contribution is 2.13. The maximum atomic E-state index is 12.8. The molecular weight excluding hydrogens is 913 g/mol. The minimum atomic E-state index is -0.834. The molecule has 0 N–H and O–H groups in total. The molecule has 0 saturated carbocycles. The van der Waals surface area contributed by atoms with Crippen LogP contribution in [0.3, 0.4) is 0 Å². The van der Waals surface area contributed by atoms with Crippen LogP contribution in [0.2, 0.25) is 0 Å². The Balaban J connectivity index is 4.52. The molecule has 0 rings (SSSR count). The van der Waals surface area contributed by atoms with Crippen LogP contribution in [0.4, 0.5) is 0 Å². The quantitative estimate of drug-likeness (QED) is 0.0261. The summed E-state index contributed by atoms with van der Waals surface area (Å²) in [4.78, 5) is 38.2. The van der Waals surface area contributed by atoms with E-state index in [9.17, 15) is 14.4 Å². The molecule has 0 amide bonds. The van der Waals surface area contributed by atoms with Crippen molar-refractivity contribution in [1.29, 1.82) is 0 Å². The summed E-state index contributed by atoms with van der Waals surface area (Å²) in [6.45, 7) is 6.32. The average molecular weight is 1020 g/mol. The van der Waals surface area contributed by atoms with E-state index in [1.807, 2.05) is 12.2 Å². The van der Waals surface area contributed by atoms with Gasteiger partial charge in [0, 0.05) is 19.3 Å². The van der Waals surface area contributed by atoms with Gasteiger partial charge >= 0.3 is 17.9 Å². The van der Waals surface area contributed by atoms with Gasteiger partial charge in [-0.3, -0.25) is 14.4 Å². The van der Waals surface area contributed by atoms with Crippen molar-refractivity contribution < 1.29 is 28.6 Å². The zero-order valence-corrected chi connectivity index (χ0v) is 47.5. The molecule has 0 aliphatic heterocycles. The standard InChI is InChI=1S/C68H108O6/c1-4-7-10-13-16-19-22-25-28-30-32-33-34-35-37-38-40-43-46-49-52-55-58-61-67(70)73-64-65(63-72-66(69)60-57-54-51-48-45-42-27-24-21-18-15-12-9-6-3)74-68(71)62-59-56-53-50-47-44-41-39-36-31-29-26-23-20-17-14-11-8-5-2/h7-8,10-11,16-17,19-20,24-29,32-33,35-37,39,44,47,53,56,65H,4-6,9,12-15,18,21-23,30-31,34,38,40-43,45-46,48-52,54-55,57-64H2,1-3H3/b10-7-,11-8-,19-16-,20-17-,27-24-,28-25-,29-26-,33-32-,37-35-,39-36-,47-44-,56-53-. The third-order valence-electron chi connectivity index (χ3n) is 12.1. The lowest BCUT2D eigenvalue weighted by atomic mass is 10.1. The van der Waals surface area contributed by atoms with E-state index in [1.54, 1.807) is 0 Å². The molecule has 74 heavy (non-hydrogen) atoms. The second-order valence-electron chi connectivity index (χ2n) is 19.1. The van der Waals surface area contributed by atoms with Crippen molar-refractivity contribution in [2.24, 2.45) is 0 Å². The van der Waals surface area contributed by atoms with Gasteiger partial charge in [-0.05, 0) is 128 Å². The van der Waals surface area contributed by atoms with Crippen LogP contribution in [-0.2, 0) is 28.6 Å². The number of rotatable bonds is 52. The van der Waals surface area contributed by atoms with Crippen LogP contribution in [0, 0.1) is 0 Å². The van der Waals surface area contributed by atoms with Gasteiger partial charge in [0.25, 0.3) is 0 Å². The van der Waals surface area contributed by atoms with Crippen LogP contribution < -0.4 is 0 Å². The van der Waals surface area contributed by atoms with Gasteiger partial charge in [0.1, 0.15) is 13.2 Å². The molecule has 0 fully saturated rings. The van der Waals surface area contributed by atoms with Crippen molar-refractivity contribution in [2.45, 2.75) is 252 Å². The fourth-order valence-corrected chi connectivity index (χ4v) is 7.67. The van der Waals surface area contributed by atoms with Crippen LogP contribution in [0.15, 0.2) is 146 Å². The number of allylic oxidation sites excluding steroid dienone is 24. The molecule has 6 nitrogen and oxygen atoms in total. The Bertz CT molecular complexity index is 1640. The fourth-order valence-electron chi connectivity index (χ4n) is 7.67. The molecule has 0 saturated heterocycles. The van der Waals surface area contributed by atoms with Crippen molar-refractivity contribution in [2.75, 3.05) is 13.2 Å². The van der Waals surface area contributed by atoms with Crippen molar-refractivity contribution in [3.8, 4) is 0 Å². The Labute approximate surface area is 455 Å². The van der Waals surface area contributed by atoms with Gasteiger partial charge in [-0.15, -0.1) is 0 Å². The number of hydrogen-bond acceptors (Lipinski definition) is 6. The third kappa shape index (κ3) is 58.2. The largest absolute Gasteiger partial charge is 0.462 e. The molecule has 0 aromatic rings. The molecule has 0 spiro atoms. The number of ether oxygens (including phenoxy) is 3. The molecule has 1 atom stereocenters. The van der Waals surface area contributed by atoms with Gasteiger partial charge in [-0.1, -0.05) is 244 Å². The summed E-state index contributed by atoms with van der Waals surface area (Å²) < 4.78 is 16.8. The van der Waals surface area contributed by atoms with E-state index in [-0.39, 0.29) is 31.6 Å². The summed E-state index contributed by atoms with van der Waals surface area (Å²) in [5, 5.41) is 0. The molecule has 6 heteroatoms. The third-order valence-corrected chi connectivity index (χ3v) is 12.1. The SMILES string of the molecule is CC/C=C\C/C=C\C/C=C\C/C=C\C/C=C\C/C=C\CCC(=O)OC(COC(=O)CCCCCCC/C=C\CCCCCCC)COC(=O)CCCCCCCCC/C=C\C/C=C\C/C=C\C/C=C\C/C=C\CC. The molecule has 0 aromatic heterocycles. The molecular formula is C68H108O6. The minimum absolute atomic E-state index is 0.121. The highest BCUT2D eigenvalue weighted by molar-refractivity contribution is 5.71. The summed E-state index contributed by atoms with van der Waals surface area (Å²) in [6.07, 6.45) is 87.1. The molecule has 0 aliphatic carbocycles. The molecule has 0 aromatic carbocycles. The maximum Gasteiger partial charge on any atom is 0.306 e. The van der Waals surface area contributed by atoms with Crippen molar-refractivity contribution in [3.05, 3.63) is 146 Å². The molecule has 0 radical (unpaired) electrons. The van der Waals surface area contributed by atoms with Gasteiger partial charge in [0.15, 0.2) is 6.10 Å². The lowest BCUT2D eigenvalue weighted by Gasteiger charge is -2.18. The van der Waals surface area contributed by atoms with Gasteiger partial charge in [-0.25, -0.2) is 0 Å². The Morgan fingerprint density at radius 1 is 0.284 bits per heavy atom. The van der Waals surface area contributed by atoms with Crippen LogP contribution in [-0.4, -0.2) is 37.2 Å². The summed E-state index contributed by atoms with van der Waals surface area (Å²) in [6, 6.07) is 0. The van der Waals surface area contributed by atoms with E-state index in [0.717, 1.165) is 128 Å². The molecule has 416 valence electrons.